The van der Waals surface area contributed by atoms with Crippen LogP contribution < -0.4 is 10.1 Å². The molecule has 2 N–H and O–H groups in total. The molecule has 0 aromatic heterocycles. The van der Waals surface area contributed by atoms with E-state index < -0.39 is 5.97 Å². The van der Waals surface area contributed by atoms with Crippen LogP contribution in [0.25, 0.3) is 0 Å². The molecule has 7 nitrogen and oxygen atoms in total. The monoisotopic (exact) mass is 362 g/mol. The van der Waals surface area contributed by atoms with Crippen molar-refractivity contribution in [1.29, 1.82) is 0 Å². The SMILES string of the molecule is CCOc1ccc(C(=O)NCC(=O)N2CCCC(CCC(=O)O)C2)cc1. The molecule has 0 aliphatic carbocycles. The number of nitrogens with zero attached hydrogens (tertiary/aromatic N) is 1. The first-order chi connectivity index (χ1) is 12.5. The van der Waals surface area contributed by atoms with Gasteiger partial charge in [0.1, 0.15) is 5.75 Å². The molecule has 142 valence electrons. The number of hydrogen-bond donors (Lipinski definition) is 2. The average molecular weight is 362 g/mol. The number of aliphatic carboxylic acids is 1. The lowest BCUT2D eigenvalue weighted by atomic mass is 9.93. The minimum atomic E-state index is -0.809. The second kappa shape index (κ2) is 9.79. The van der Waals surface area contributed by atoms with Crippen LogP contribution in [-0.4, -0.2) is 54.0 Å². The zero-order valence-corrected chi connectivity index (χ0v) is 15.1. The molecule has 1 heterocycles. The Morgan fingerprint density at radius 3 is 2.65 bits per heavy atom. The number of piperidine rings is 1. The van der Waals surface area contributed by atoms with E-state index in [-0.39, 0.29) is 30.7 Å². The van der Waals surface area contributed by atoms with Gasteiger partial charge in [-0.1, -0.05) is 0 Å². The summed E-state index contributed by atoms with van der Waals surface area (Å²) in [6.07, 6.45) is 2.51. The van der Waals surface area contributed by atoms with Crippen molar-refractivity contribution in [3.8, 4) is 5.75 Å². The smallest absolute Gasteiger partial charge is 0.303 e. The predicted molar refractivity (Wildman–Crippen MR) is 96.1 cm³/mol. The molecule has 7 heteroatoms. The molecule has 1 unspecified atom stereocenters. The predicted octanol–water partition coefficient (Wildman–Crippen LogP) is 1.92. The molecule has 0 bridgehead atoms. The minimum absolute atomic E-state index is 0.0578. The fraction of sp³-hybridized carbons (Fsp3) is 0.526. The van der Waals surface area contributed by atoms with Crippen LogP contribution in [0.4, 0.5) is 0 Å². The van der Waals surface area contributed by atoms with Crippen molar-refractivity contribution < 1.29 is 24.2 Å². The zero-order valence-electron chi connectivity index (χ0n) is 15.1. The second-order valence-corrected chi connectivity index (χ2v) is 6.42. The fourth-order valence-corrected chi connectivity index (χ4v) is 3.09. The third-order valence-electron chi connectivity index (χ3n) is 4.47. The number of ether oxygens (including phenoxy) is 1. The van der Waals surface area contributed by atoms with Gasteiger partial charge in [-0.25, -0.2) is 0 Å². The highest BCUT2D eigenvalue weighted by Crippen LogP contribution is 2.21. The highest BCUT2D eigenvalue weighted by Gasteiger charge is 2.24. The molecule has 0 radical (unpaired) electrons. The van der Waals surface area contributed by atoms with Crippen LogP contribution in [0.2, 0.25) is 0 Å². The Kier molecular flexibility index (Phi) is 7.44. The number of likely N-dealkylation sites (tertiary alicyclic amines) is 1. The van der Waals surface area contributed by atoms with E-state index in [1.54, 1.807) is 29.2 Å². The van der Waals surface area contributed by atoms with Gasteiger partial charge in [0, 0.05) is 25.1 Å². The lowest BCUT2D eigenvalue weighted by Gasteiger charge is -2.32. The summed E-state index contributed by atoms with van der Waals surface area (Å²) in [5.74, 6) is -0.340. The highest BCUT2D eigenvalue weighted by molar-refractivity contribution is 5.96. The van der Waals surface area contributed by atoms with Gasteiger partial charge in [0.05, 0.1) is 13.2 Å². The lowest BCUT2D eigenvalue weighted by Crippen LogP contribution is -2.45. The van der Waals surface area contributed by atoms with E-state index in [4.69, 9.17) is 9.84 Å². The van der Waals surface area contributed by atoms with Crippen LogP contribution in [0.1, 0.15) is 43.0 Å². The summed E-state index contributed by atoms with van der Waals surface area (Å²) in [5, 5.41) is 11.4. The van der Waals surface area contributed by atoms with Crippen molar-refractivity contribution >= 4 is 17.8 Å². The molecule has 1 saturated heterocycles. The summed E-state index contributed by atoms with van der Waals surface area (Å²) in [6, 6.07) is 6.76. The standard InChI is InChI=1S/C19H26N2O5/c1-2-26-16-8-6-15(7-9-16)19(25)20-12-17(22)21-11-3-4-14(13-21)5-10-18(23)24/h6-9,14H,2-5,10-13H2,1H3,(H,20,25)(H,23,24). The van der Waals surface area contributed by atoms with Gasteiger partial charge in [-0.15, -0.1) is 0 Å². The molecule has 1 aromatic rings. The zero-order chi connectivity index (χ0) is 18.9. The molecule has 1 aliphatic heterocycles. The number of nitrogens with one attached hydrogen (secondary N) is 1. The molecule has 1 atom stereocenters. The summed E-state index contributed by atoms with van der Waals surface area (Å²) in [6.45, 7) is 3.60. The number of carbonyl (C=O) groups excluding carboxylic acids is 2. The van der Waals surface area contributed by atoms with E-state index in [0.717, 1.165) is 12.8 Å². The van der Waals surface area contributed by atoms with Crippen LogP contribution in [-0.2, 0) is 9.59 Å². The number of carboxylic acid groups (broad SMARTS) is 1. The van der Waals surface area contributed by atoms with Crippen LogP contribution in [0, 0.1) is 5.92 Å². The van der Waals surface area contributed by atoms with Crippen molar-refractivity contribution in [3.05, 3.63) is 29.8 Å². The molecular formula is C19H26N2O5. The fourth-order valence-electron chi connectivity index (χ4n) is 3.09. The van der Waals surface area contributed by atoms with Gasteiger partial charge in [-0.05, 0) is 56.4 Å². The number of amides is 2. The van der Waals surface area contributed by atoms with Crippen molar-refractivity contribution in [3.63, 3.8) is 0 Å². The van der Waals surface area contributed by atoms with Crippen molar-refractivity contribution in [2.75, 3.05) is 26.2 Å². The molecule has 2 rings (SSSR count). The third kappa shape index (κ3) is 6.06. The molecular weight excluding hydrogens is 336 g/mol. The number of carbonyl (C=O) groups is 3. The van der Waals surface area contributed by atoms with Crippen LogP contribution >= 0.6 is 0 Å². The normalized spacial score (nSPS) is 16.8. The first-order valence-electron chi connectivity index (χ1n) is 9.00. The Morgan fingerprint density at radius 1 is 1.27 bits per heavy atom. The Hall–Kier alpha value is -2.57. The van der Waals surface area contributed by atoms with Crippen LogP contribution in [0.5, 0.6) is 5.75 Å². The maximum Gasteiger partial charge on any atom is 0.303 e. The maximum absolute atomic E-state index is 12.3. The van der Waals surface area contributed by atoms with Crippen molar-refractivity contribution in [2.24, 2.45) is 5.92 Å². The molecule has 1 aliphatic rings. The molecule has 1 fully saturated rings. The van der Waals surface area contributed by atoms with Crippen LogP contribution in [0.3, 0.4) is 0 Å². The Balaban J connectivity index is 1.79. The van der Waals surface area contributed by atoms with Gasteiger partial charge in [0.2, 0.25) is 5.91 Å². The van der Waals surface area contributed by atoms with E-state index in [2.05, 4.69) is 5.32 Å². The second-order valence-electron chi connectivity index (χ2n) is 6.42. The Bertz CT molecular complexity index is 629. The minimum Gasteiger partial charge on any atom is -0.494 e. The van der Waals surface area contributed by atoms with E-state index in [1.807, 2.05) is 6.92 Å². The van der Waals surface area contributed by atoms with E-state index >= 15 is 0 Å². The first kappa shape index (κ1) is 19.8. The quantitative estimate of drug-likeness (QED) is 0.736. The van der Waals surface area contributed by atoms with E-state index in [0.29, 0.717) is 37.4 Å². The highest BCUT2D eigenvalue weighted by atomic mass is 16.5. The molecule has 26 heavy (non-hydrogen) atoms. The van der Waals surface area contributed by atoms with Gasteiger partial charge in [-0.3, -0.25) is 14.4 Å². The summed E-state index contributed by atoms with van der Waals surface area (Å²) < 4.78 is 5.33. The van der Waals surface area contributed by atoms with Gasteiger partial charge < -0.3 is 20.1 Å². The largest absolute Gasteiger partial charge is 0.494 e. The maximum atomic E-state index is 12.3. The van der Waals surface area contributed by atoms with E-state index in [9.17, 15) is 14.4 Å². The Morgan fingerprint density at radius 2 is 2.00 bits per heavy atom. The van der Waals surface area contributed by atoms with Gasteiger partial charge >= 0.3 is 5.97 Å². The summed E-state index contributed by atoms with van der Waals surface area (Å²) in [5.41, 5.74) is 0.472. The molecule has 0 spiro atoms. The van der Waals surface area contributed by atoms with Gasteiger partial charge in [0.15, 0.2) is 0 Å². The van der Waals surface area contributed by atoms with E-state index in [1.165, 1.54) is 0 Å². The van der Waals surface area contributed by atoms with Crippen LogP contribution in [0.15, 0.2) is 24.3 Å². The van der Waals surface area contributed by atoms with Gasteiger partial charge in [0.25, 0.3) is 5.91 Å². The molecule has 1 aromatic carbocycles. The molecule has 0 saturated carbocycles. The molecule has 2 amide bonds. The van der Waals surface area contributed by atoms with Crippen molar-refractivity contribution in [2.45, 2.75) is 32.6 Å². The summed E-state index contributed by atoms with van der Waals surface area (Å²) in [4.78, 5) is 36.9. The number of benzene rings is 1. The number of hydrogen-bond acceptors (Lipinski definition) is 4. The topological polar surface area (TPSA) is 95.9 Å². The Labute approximate surface area is 153 Å². The number of rotatable bonds is 8. The van der Waals surface area contributed by atoms with Crippen molar-refractivity contribution in [1.82, 2.24) is 10.2 Å². The first-order valence-corrected chi connectivity index (χ1v) is 9.00. The summed E-state index contributed by atoms with van der Waals surface area (Å²) >= 11 is 0. The number of carboxylic acids is 1. The average Bonchev–Trinajstić information content (AvgIpc) is 2.65. The lowest BCUT2D eigenvalue weighted by molar-refractivity contribution is -0.137. The van der Waals surface area contributed by atoms with Gasteiger partial charge in [-0.2, -0.15) is 0 Å². The summed E-state index contributed by atoms with van der Waals surface area (Å²) in [7, 11) is 0. The third-order valence-corrected chi connectivity index (χ3v) is 4.47.